The van der Waals surface area contributed by atoms with Gasteiger partial charge in [0.2, 0.25) is 0 Å². The van der Waals surface area contributed by atoms with E-state index in [9.17, 15) is 0 Å². The van der Waals surface area contributed by atoms with Crippen molar-refractivity contribution in [2.75, 3.05) is 13.2 Å². The van der Waals surface area contributed by atoms with Gasteiger partial charge in [-0.2, -0.15) is 0 Å². The summed E-state index contributed by atoms with van der Waals surface area (Å²) in [6, 6.07) is 8.17. The normalized spacial score (nSPS) is 20.1. The van der Waals surface area contributed by atoms with Gasteiger partial charge in [-0.15, -0.1) is 6.58 Å². The Kier molecular flexibility index (Phi) is 3.41. The molecule has 2 nitrogen and oxygen atoms in total. The Morgan fingerprint density at radius 3 is 2.80 bits per heavy atom. The van der Waals surface area contributed by atoms with Gasteiger partial charge in [-0.3, -0.25) is 0 Å². The van der Waals surface area contributed by atoms with Gasteiger partial charge in [0.25, 0.3) is 0 Å². The topological polar surface area (TPSA) is 18.5 Å². The fraction of sp³-hybridized carbons (Fsp3) is 0.385. The van der Waals surface area contributed by atoms with Crippen molar-refractivity contribution in [3.63, 3.8) is 0 Å². The predicted molar refractivity (Wildman–Crippen MR) is 60.2 cm³/mol. The third-order valence-electron chi connectivity index (χ3n) is 2.49. The van der Waals surface area contributed by atoms with Gasteiger partial charge in [-0.05, 0) is 24.1 Å². The lowest BCUT2D eigenvalue weighted by atomic mass is 10.1. The van der Waals surface area contributed by atoms with Crippen LogP contribution < -0.4 is 4.74 Å². The van der Waals surface area contributed by atoms with Crippen molar-refractivity contribution in [3.8, 4) is 5.75 Å². The molecular weight excluding hydrogens is 188 g/mol. The SMILES string of the molecule is C=CCc1ccc(OC2CCOC2)cc1. The minimum Gasteiger partial charge on any atom is -0.488 e. The summed E-state index contributed by atoms with van der Waals surface area (Å²) in [4.78, 5) is 0. The highest BCUT2D eigenvalue weighted by atomic mass is 16.5. The Bertz CT molecular complexity index is 310. The Hall–Kier alpha value is -1.28. The first-order chi connectivity index (χ1) is 7.38. The molecular formula is C13H16O2. The fourth-order valence-corrected chi connectivity index (χ4v) is 1.67. The molecule has 1 heterocycles. The molecule has 1 fully saturated rings. The highest BCUT2D eigenvalue weighted by Crippen LogP contribution is 2.17. The van der Waals surface area contributed by atoms with Crippen molar-refractivity contribution in [2.24, 2.45) is 0 Å². The van der Waals surface area contributed by atoms with Crippen LogP contribution in [0.4, 0.5) is 0 Å². The summed E-state index contributed by atoms with van der Waals surface area (Å²) in [5, 5.41) is 0. The molecule has 15 heavy (non-hydrogen) atoms. The molecule has 1 unspecified atom stereocenters. The number of rotatable bonds is 4. The van der Waals surface area contributed by atoms with Crippen molar-refractivity contribution in [3.05, 3.63) is 42.5 Å². The van der Waals surface area contributed by atoms with Gasteiger partial charge in [-0.1, -0.05) is 18.2 Å². The second-order valence-corrected chi connectivity index (χ2v) is 3.74. The zero-order valence-electron chi connectivity index (χ0n) is 8.82. The lowest BCUT2D eigenvalue weighted by Crippen LogP contribution is -2.15. The van der Waals surface area contributed by atoms with E-state index in [1.807, 2.05) is 18.2 Å². The molecule has 1 saturated heterocycles. The van der Waals surface area contributed by atoms with Crippen molar-refractivity contribution >= 4 is 0 Å². The predicted octanol–water partition coefficient (Wildman–Crippen LogP) is 2.58. The molecule has 0 saturated carbocycles. The lowest BCUT2D eigenvalue weighted by Gasteiger charge is -2.11. The maximum atomic E-state index is 5.76. The van der Waals surface area contributed by atoms with Crippen LogP contribution in [0.2, 0.25) is 0 Å². The summed E-state index contributed by atoms with van der Waals surface area (Å²) < 4.78 is 11.0. The smallest absolute Gasteiger partial charge is 0.124 e. The molecule has 0 amide bonds. The standard InChI is InChI=1S/C13H16O2/c1-2-3-11-4-6-12(7-5-11)15-13-8-9-14-10-13/h2,4-7,13H,1,3,8-10H2. The molecule has 0 spiro atoms. The third kappa shape index (κ3) is 2.83. The van der Waals surface area contributed by atoms with E-state index >= 15 is 0 Å². The summed E-state index contributed by atoms with van der Waals surface area (Å²) in [6.07, 6.45) is 4.04. The van der Waals surface area contributed by atoms with Gasteiger partial charge < -0.3 is 9.47 Å². The minimum atomic E-state index is 0.232. The van der Waals surface area contributed by atoms with E-state index in [0.29, 0.717) is 6.61 Å². The number of hydrogen-bond donors (Lipinski definition) is 0. The molecule has 2 heteroatoms. The summed E-state index contributed by atoms with van der Waals surface area (Å²) in [6.45, 7) is 5.25. The molecule has 80 valence electrons. The zero-order chi connectivity index (χ0) is 10.5. The Balaban J connectivity index is 1.93. The maximum Gasteiger partial charge on any atom is 0.124 e. The average molecular weight is 204 g/mol. The van der Waals surface area contributed by atoms with Crippen LogP contribution in [0.3, 0.4) is 0 Å². The molecule has 1 aromatic carbocycles. The fourth-order valence-electron chi connectivity index (χ4n) is 1.67. The van der Waals surface area contributed by atoms with E-state index in [4.69, 9.17) is 9.47 Å². The Morgan fingerprint density at radius 1 is 1.40 bits per heavy atom. The van der Waals surface area contributed by atoms with Crippen LogP contribution in [-0.2, 0) is 11.2 Å². The molecule has 0 radical (unpaired) electrons. The van der Waals surface area contributed by atoms with Crippen molar-refractivity contribution in [2.45, 2.75) is 18.9 Å². The van der Waals surface area contributed by atoms with Crippen LogP contribution in [-0.4, -0.2) is 19.3 Å². The highest BCUT2D eigenvalue weighted by Gasteiger charge is 2.16. The van der Waals surface area contributed by atoms with E-state index in [1.165, 1.54) is 5.56 Å². The summed E-state index contributed by atoms with van der Waals surface area (Å²) in [5.74, 6) is 0.929. The Morgan fingerprint density at radius 2 is 2.20 bits per heavy atom. The lowest BCUT2D eigenvalue weighted by molar-refractivity contribution is 0.141. The molecule has 1 aromatic rings. The second kappa shape index (κ2) is 4.99. The number of ether oxygens (including phenoxy) is 2. The van der Waals surface area contributed by atoms with Gasteiger partial charge in [0, 0.05) is 6.42 Å². The summed E-state index contributed by atoms with van der Waals surface area (Å²) >= 11 is 0. The Labute approximate surface area is 90.5 Å². The largest absolute Gasteiger partial charge is 0.488 e. The van der Waals surface area contributed by atoms with E-state index in [1.54, 1.807) is 0 Å². The van der Waals surface area contributed by atoms with Crippen LogP contribution >= 0.6 is 0 Å². The van der Waals surface area contributed by atoms with Crippen molar-refractivity contribution in [1.82, 2.24) is 0 Å². The van der Waals surface area contributed by atoms with Crippen LogP contribution in [0.5, 0.6) is 5.75 Å². The van der Waals surface area contributed by atoms with Crippen LogP contribution in [0.25, 0.3) is 0 Å². The first-order valence-corrected chi connectivity index (χ1v) is 5.33. The van der Waals surface area contributed by atoms with Crippen molar-refractivity contribution in [1.29, 1.82) is 0 Å². The van der Waals surface area contributed by atoms with Crippen LogP contribution in [0.1, 0.15) is 12.0 Å². The first-order valence-electron chi connectivity index (χ1n) is 5.33. The monoisotopic (exact) mass is 204 g/mol. The van der Waals surface area contributed by atoms with E-state index < -0.39 is 0 Å². The van der Waals surface area contributed by atoms with E-state index in [-0.39, 0.29) is 6.10 Å². The first kappa shape index (κ1) is 10.2. The van der Waals surface area contributed by atoms with E-state index in [0.717, 1.165) is 25.2 Å². The summed E-state index contributed by atoms with van der Waals surface area (Å²) in [7, 11) is 0. The van der Waals surface area contributed by atoms with Gasteiger partial charge in [-0.25, -0.2) is 0 Å². The van der Waals surface area contributed by atoms with Gasteiger partial charge in [0.15, 0.2) is 0 Å². The number of allylic oxidation sites excluding steroid dienone is 1. The van der Waals surface area contributed by atoms with E-state index in [2.05, 4.69) is 18.7 Å². The van der Waals surface area contributed by atoms with Gasteiger partial charge in [0.1, 0.15) is 11.9 Å². The van der Waals surface area contributed by atoms with Crippen LogP contribution in [0, 0.1) is 0 Å². The maximum absolute atomic E-state index is 5.76. The molecule has 1 atom stereocenters. The molecule has 0 N–H and O–H groups in total. The molecule has 1 aliphatic heterocycles. The zero-order valence-corrected chi connectivity index (χ0v) is 8.82. The van der Waals surface area contributed by atoms with Gasteiger partial charge in [0.05, 0.1) is 13.2 Å². The molecule has 1 aliphatic rings. The minimum absolute atomic E-state index is 0.232. The van der Waals surface area contributed by atoms with Crippen LogP contribution in [0.15, 0.2) is 36.9 Å². The molecule has 0 bridgehead atoms. The average Bonchev–Trinajstić information content (AvgIpc) is 2.74. The quantitative estimate of drug-likeness (QED) is 0.702. The third-order valence-corrected chi connectivity index (χ3v) is 2.49. The second-order valence-electron chi connectivity index (χ2n) is 3.74. The number of benzene rings is 1. The number of hydrogen-bond acceptors (Lipinski definition) is 2. The van der Waals surface area contributed by atoms with Gasteiger partial charge >= 0.3 is 0 Å². The summed E-state index contributed by atoms with van der Waals surface area (Å²) in [5.41, 5.74) is 1.26. The highest BCUT2D eigenvalue weighted by molar-refractivity contribution is 5.28. The molecule has 2 rings (SSSR count). The van der Waals surface area contributed by atoms with Crippen molar-refractivity contribution < 1.29 is 9.47 Å². The molecule has 0 aromatic heterocycles. The molecule has 0 aliphatic carbocycles.